The Morgan fingerprint density at radius 2 is 2.23 bits per heavy atom. The SMILES string of the molecule is C[C@@]1(c2cc(NC(=O)c3ccc(Cl)cn3)ccc2F)N=C(N)O[C@@H]2C[C@@H]21. The van der Waals surface area contributed by atoms with E-state index < -0.39 is 17.3 Å². The number of hydrogen-bond donors (Lipinski definition) is 2. The number of aromatic nitrogens is 1. The van der Waals surface area contributed by atoms with Crippen LogP contribution in [0.5, 0.6) is 0 Å². The zero-order valence-corrected chi connectivity index (χ0v) is 14.6. The van der Waals surface area contributed by atoms with E-state index >= 15 is 0 Å². The Morgan fingerprint density at radius 3 is 2.96 bits per heavy atom. The Labute approximate surface area is 154 Å². The summed E-state index contributed by atoms with van der Waals surface area (Å²) in [6.45, 7) is 1.83. The molecule has 0 bridgehead atoms. The summed E-state index contributed by atoms with van der Waals surface area (Å²) in [7, 11) is 0. The lowest BCUT2D eigenvalue weighted by molar-refractivity contribution is 0.102. The number of amides is 1. The van der Waals surface area contributed by atoms with E-state index in [1.54, 1.807) is 12.1 Å². The van der Waals surface area contributed by atoms with Crippen LogP contribution >= 0.6 is 11.6 Å². The number of nitrogens with zero attached hydrogens (tertiary/aromatic N) is 2. The number of fused-ring (bicyclic) bond motifs is 1. The normalized spacial score (nSPS) is 26.3. The van der Waals surface area contributed by atoms with Crippen molar-refractivity contribution in [3.8, 4) is 0 Å². The monoisotopic (exact) mass is 374 g/mol. The van der Waals surface area contributed by atoms with E-state index in [1.807, 2.05) is 6.92 Å². The predicted molar refractivity (Wildman–Crippen MR) is 95.6 cm³/mol. The standard InChI is InChI=1S/C18H16ClFN4O2/c1-18(12-7-15(12)26-17(21)24-18)11-6-10(3-4-13(11)20)23-16(25)14-5-2-9(19)8-22-14/h2-6,8,12,15H,7H2,1H3,(H2,21,24)(H,23,25)/t12-,15+,18-/m0/s1. The maximum absolute atomic E-state index is 14.5. The molecule has 0 spiro atoms. The summed E-state index contributed by atoms with van der Waals surface area (Å²) in [5, 5.41) is 3.16. The number of nitrogens with one attached hydrogen (secondary N) is 1. The first-order valence-corrected chi connectivity index (χ1v) is 8.49. The molecule has 1 aromatic carbocycles. The van der Waals surface area contributed by atoms with Crippen LogP contribution in [0.1, 0.15) is 29.4 Å². The molecule has 0 saturated heterocycles. The number of halogens is 2. The molecule has 0 unspecified atom stereocenters. The van der Waals surface area contributed by atoms with Gasteiger partial charge in [-0.25, -0.2) is 14.4 Å². The molecule has 1 fully saturated rings. The van der Waals surface area contributed by atoms with Crippen LogP contribution in [-0.2, 0) is 10.3 Å². The predicted octanol–water partition coefficient (Wildman–Crippen LogP) is 3.08. The number of benzene rings is 1. The number of pyridine rings is 1. The van der Waals surface area contributed by atoms with Crippen molar-refractivity contribution in [3.63, 3.8) is 0 Å². The number of hydrogen-bond acceptors (Lipinski definition) is 5. The number of carbonyl (C=O) groups is 1. The number of rotatable bonds is 3. The molecule has 8 heteroatoms. The first kappa shape index (κ1) is 16.8. The third kappa shape index (κ3) is 2.88. The van der Waals surface area contributed by atoms with E-state index in [1.165, 1.54) is 24.4 Å². The Bertz CT molecular complexity index is 918. The van der Waals surface area contributed by atoms with Gasteiger partial charge in [0.05, 0.1) is 10.6 Å². The minimum absolute atomic E-state index is 0.0339. The van der Waals surface area contributed by atoms with Crippen LogP contribution in [0, 0.1) is 11.7 Å². The van der Waals surface area contributed by atoms with Gasteiger partial charge in [0, 0.05) is 23.4 Å². The molecule has 4 rings (SSSR count). The summed E-state index contributed by atoms with van der Waals surface area (Å²) in [6.07, 6.45) is 2.12. The highest BCUT2D eigenvalue weighted by molar-refractivity contribution is 6.30. The zero-order valence-electron chi connectivity index (χ0n) is 13.9. The number of ether oxygens (including phenoxy) is 1. The summed E-state index contributed by atoms with van der Waals surface area (Å²) < 4.78 is 19.9. The molecule has 1 aliphatic heterocycles. The largest absolute Gasteiger partial charge is 0.462 e. The Balaban J connectivity index is 1.64. The van der Waals surface area contributed by atoms with E-state index in [-0.39, 0.29) is 23.7 Å². The Kier molecular flexibility index (Phi) is 3.84. The number of aliphatic imine (C=N–C) groups is 1. The third-order valence-electron chi connectivity index (χ3n) is 4.80. The van der Waals surface area contributed by atoms with Crippen LogP contribution < -0.4 is 11.1 Å². The van der Waals surface area contributed by atoms with Crippen LogP contribution in [-0.4, -0.2) is 23.0 Å². The van der Waals surface area contributed by atoms with E-state index in [4.69, 9.17) is 22.1 Å². The van der Waals surface area contributed by atoms with Gasteiger partial charge in [0.15, 0.2) is 0 Å². The lowest BCUT2D eigenvalue weighted by atomic mass is 9.86. The summed E-state index contributed by atoms with van der Waals surface area (Å²) in [5.74, 6) is -0.754. The van der Waals surface area contributed by atoms with Gasteiger partial charge in [-0.05, 0) is 43.7 Å². The van der Waals surface area contributed by atoms with Gasteiger partial charge in [-0.2, -0.15) is 0 Å². The second-order valence-electron chi connectivity index (χ2n) is 6.61. The molecule has 2 aliphatic rings. The molecule has 1 aromatic heterocycles. The van der Waals surface area contributed by atoms with Gasteiger partial charge >= 0.3 is 0 Å². The van der Waals surface area contributed by atoms with Gasteiger partial charge in [-0.1, -0.05) is 11.6 Å². The fraction of sp³-hybridized carbons (Fsp3) is 0.278. The lowest BCUT2D eigenvalue weighted by Crippen LogP contribution is -2.35. The summed E-state index contributed by atoms with van der Waals surface area (Å²) in [6, 6.07) is 7.54. The fourth-order valence-electron chi connectivity index (χ4n) is 3.34. The van der Waals surface area contributed by atoms with Gasteiger partial charge in [-0.15, -0.1) is 0 Å². The molecule has 3 N–H and O–H groups in total. The van der Waals surface area contributed by atoms with Crippen LogP contribution in [0.25, 0.3) is 0 Å². The minimum atomic E-state index is -0.823. The van der Waals surface area contributed by atoms with Gasteiger partial charge in [-0.3, -0.25) is 4.79 Å². The lowest BCUT2D eigenvalue weighted by Gasteiger charge is -2.30. The van der Waals surface area contributed by atoms with Crippen LogP contribution in [0.15, 0.2) is 41.5 Å². The molecule has 2 heterocycles. The van der Waals surface area contributed by atoms with Crippen molar-refractivity contribution in [2.24, 2.45) is 16.6 Å². The number of nitrogens with two attached hydrogens (primary N) is 1. The average molecular weight is 375 g/mol. The van der Waals surface area contributed by atoms with Crippen molar-refractivity contribution in [1.29, 1.82) is 0 Å². The zero-order chi connectivity index (χ0) is 18.5. The van der Waals surface area contributed by atoms with Crippen molar-refractivity contribution in [2.45, 2.75) is 25.0 Å². The van der Waals surface area contributed by atoms with Gasteiger partial charge in [0.25, 0.3) is 11.9 Å². The smallest absolute Gasteiger partial charge is 0.283 e. The maximum atomic E-state index is 14.5. The van der Waals surface area contributed by atoms with Gasteiger partial charge in [0.1, 0.15) is 17.6 Å². The quantitative estimate of drug-likeness (QED) is 0.863. The van der Waals surface area contributed by atoms with Crippen molar-refractivity contribution >= 4 is 29.2 Å². The van der Waals surface area contributed by atoms with Gasteiger partial charge < -0.3 is 15.8 Å². The molecule has 1 amide bonds. The summed E-state index contributed by atoms with van der Waals surface area (Å²) in [4.78, 5) is 20.6. The van der Waals surface area contributed by atoms with Crippen molar-refractivity contribution in [1.82, 2.24) is 4.98 Å². The Hall–Kier alpha value is -2.67. The fourth-order valence-corrected chi connectivity index (χ4v) is 3.45. The number of anilines is 1. The van der Waals surface area contributed by atoms with Crippen LogP contribution in [0.4, 0.5) is 10.1 Å². The van der Waals surface area contributed by atoms with Crippen molar-refractivity contribution in [2.75, 3.05) is 5.32 Å². The molecule has 1 saturated carbocycles. The molecular weight excluding hydrogens is 359 g/mol. The molecule has 6 nitrogen and oxygen atoms in total. The highest BCUT2D eigenvalue weighted by Crippen LogP contribution is 2.53. The van der Waals surface area contributed by atoms with Crippen molar-refractivity contribution in [3.05, 3.63) is 58.6 Å². The minimum Gasteiger partial charge on any atom is -0.462 e. The summed E-state index contributed by atoms with van der Waals surface area (Å²) in [5.41, 5.74) is 5.94. The third-order valence-corrected chi connectivity index (χ3v) is 5.02. The molecule has 2 aromatic rings. The first-order chi connectivity index (χ1) is 12.4. The molecule has 134 valence electrons. The molecule has 1 aliphatic carbocycles. The highest BCUT2D eigenvalue weighted by atomic mass is 35.5. The molecule has 0 radical (unpaired) electrons. The first-order valence-electron chi connectivity index (χ1n) is 8.12. The molecule has 3 atom stereocenters. The second-order valence-corrected chi connectivity index (χ2v) is 7.04. The van der Waals surface area contributed by atoms with E-state index in [0.29, 0.717) is 16.3 Å². The van der Waals surface area contributed by atoms with Crippen molar-refractivity contribution < 1.29 is 13.9 Å². The Morgan fingerprint density at radius 1 is 1.42 bits per heavy atom. The van der Waals surface area contributed by atoms with E-state index in [0.717, 1.165) is 6.42 Å². The van der Waals surface area contributed by atoms with Crippen LogP contribution in [0.2, 0.25) is 5.02 Å². The number of amidine groups is 1. The van der Waals surface area contributed by atoms with Gasteiger partial charge in [0.2, 0.25) is 0 Å². The topological polar surface area (TPSA) is 89.6 Å². The van der Waals surface area contributed by atoms with E-state index in [2.05, 4.69) is 15.3 Å². The summed E-state index contributed by atoms with van der Waals surface area (Å²) >= 11 is 5.78. The molecular formula is C18H16ClFN4O2. The van der Waals surface area contributed by atoms with E-state index in [9.17, 15) is 9.18 Å². The van der Waals surface area contributed by atoms with Crippen LogP contribution in [0.3, 0.4) is 0 Å². The number of carbonyl (C=O) groups excluding carboxylic acids is 1. The second kappa shape index (κ2) is 5.95. The molecule has 26 heavy (non-hydrogen) atoms. The average Bonchev–Trinajstić information content (AvgIpc) is 3.37. The maximum Gasteiger partial charge on any atom is 0.283 e. The highest BCUT2D eigenvalue weighted by Gasteiger charge is 2.57.